The summed E-state index contributed by atoms with van der Waals surface area (Å²) < 4.78 is 0. The zero-order valence-electron chi connectivity index (χ0n) is 7.23. The Morgan fingerprint density at radius 1 is 1.20 bits per heavy atom. The van der Waals surface area contributed by atoms with Crippen molar-refractivity contribution in [1.82, 2.24) is 0 Å². The zero-order chi connectivity index (χ0) is 6.53. The van der Waals surface area contributed by atoms with Gasteiger partial charge in [-0.1, -0.05) is 38.5 Å². The molecule has 0 aromatic heterocycles. The fourth-order valence-corrected chi connectivity index (χ4v) is 1.73. The molecule has 1 fully saturated rings. The molecule has 1 rings (SSSR count). The molecule has 0 radical (unpaired) electrons. The van der Waals surface area contributed by atoms with Crippen LogP contribution in [0.4, 0.5) is 0 Å². The van der Waals surface area contributed by atoms with Gasteiger partial charge < -0.3 is 6.92 Å². The third-order valence-electron chi connectivity index (χ3n) is 2.34. The van der Waals surface area contributed by atoms with Crippen molar-refractivity contribution in [3.8, 4) is 0 Å². The summed E-state index contributed by atoms with van der Waals surface area (Å²) in [5.74, 6) is 1.08. The molecule has 1 heteroatoms. The van der Waals surface area contributed by atoms with Crippen molar-refractivity contribution in [1.29, 1.82) is 0 Å². The van der Waals surface area contributed by atoms with Crippen LogP contribution in [0.1, 0.15) is 44.9 Å². The first-order chi connectivity index (χ1) is 4.43. The van der Waals surface area contributed by atoms with E-state index < -0.39 is 0 Å². The van der Waals surface area contributed by atoms with Crippen molar-refractivity contribution in [3.05, 3.63) is 6.92 Å². The number of hydrogen-bond acceptors (Lipinski definition) is 0. The Labute approximate surface area is 77.0 Å². The zero-order valence-corrected chi connectivity index (χ0v) is 7.23. The van der Waals surface area contributed by atoms with Crippen molar-refractivity contribution in [2.45, 2.75) is 44.9 Å². The molecule has 0 atom stereocenters. The van der Waals surface area contributed by atoms with E-state index in [0.717, 1.165) is 12.3 Å². The van der Waals surface area contributed by atoms with E-state index in [9.17, 15) is 0 Å². The summed E-state index contributed by atoms with van der Waals surface area (Å²) in [5, 5.41) is 0. The molecular weight excluding hydrogens is 115 g/mol. The summed E-state index contributed by atoms with van der Waals surface area (Å²) in [7, 11) is 0. The van der Waals surface area contributed by atoms with E-state index in [2.05, 4.69) is 6.92 Å². The van der Waals surface area contributed by atoms with Gasteiger partial charge in [-0.05, 0) is 5.92 Å². The molecule has 0 aromatic rings. The van der Waals surface area contributed by atoms with Gasteiger partial charge in [-0.3, -0.25) is 0 Å². The molecule has 0 amide bonds. The molecule has 1 aliphatic carbocycles. The van der Waals surface area contributed by atoms with E-state index in [1.807, 2.05) is 0 Å². The molecular formula is C9H17Li. The van der Waals surface area contributed by atoms with Crippen LogP contribution in [0, 0.1) is 12.8 Å². The van der Waals surface area contributed by atoms with Gasteiger partial charge in [-0.15, -0.1) is 0 Å². The maximum absolute atomic E-state index is 3.85. The van der Waals surface area contributed by atoms with E-state index in [1.54, 1.807) is 0 Å². The minimum atomic E-state index is 0. The molecule has 1 aliphatic rings. The maximum Gasteiger partial charge on any atom is 1.00 e. The van der Waals surface area contributed by atoms with E-state index in [4.69, 9.17) is 0 Å². The number of hydrogen-bond donors (Lipinski definition) is 0. The van der Waals surface area contributed by atoms with Crippen molar-refractivity contribution in [3.63, 3.8) is 0 Å². The van der Waals surface area contributed by atoms with Crippen LogP contribution in [-0.4, -0.2) is 0 Å². The van der Waals surface area contributed by atoms with Crippen LogP contribution < -0.4 is 18.9 Å². The average molecular weight is 132 g/mol. The maximum atomic E-state index is 3.85. The Bertz CT molecular complexity index is 65.1. The summed E-state index contributed by atoms with van der Waals surface area (Å²) in [5.41, 5.74) is 0. The number of rotatable bonds is 3. The largest absolute Gasteiger partial charge is 1.00 e. The fourth-order valence-electron chi connectivity index (χ4n) is 1.73. The predicted octanol–water partition coefficient (Wildman–Crippen LogP) is 0.185. The van der Waals surface area contributed by atoms with Crippen LogP contribution in [0.15, 0.2) is 0 Å². The minimum absolute atomic E-state index is 0. The standard InChI is InChI=1S/C9H17.Li/c1-2-3-6-9-7-4-5-8-9;/h9H,1-8H2;/q-1;+1. The van der Waals surface area contributed by atoms with Crippen LogP contribution in [0.3, 0.4) is 0 Å². The second kappa shape index (κ2) is 6.32. The number of unbranched alkanes of at least 4 members (excludes halogenated alkanes) is 1. The van der Waals surface area contributed by atoms with Crippen LogP contribution in [0.5, 0.6) is 0 Å². The molecule has 0 unspecified atom stereocenters. The van der Waals surface area contributed by atoms with Crippen LogP contribution >= 0.6 is 0 Å². The molecule has 0 aromatic carbocycles. The third-order valence-corrected chi connectivity index (χ3v) is 2.34. The molecule has 0 aliphatic heterocycles. The monoisotopic (exact) mass is 132 g/mol. The minimum Gasteiger partial charge on any atom is -0.343 e. The normalized spacial score (nSPS) is 18.9. The summed E-state index contributed by atoms with van der Waals surface area (Å²) >= 11 is 0. The molecule has 0 bridgehead atoms. The Morgan fingerprint density at radius 3 is 2.30 bits per heavy atom. The molecule has 54 valence electrons. The summed E-state index contributed by atoms with van der Waals surface area (Å²) in [4.78, 5) is 0. The molecule has 0 saturated heterocycles. The summed E-state index contributed by atoms with van der Waals surface area (Å²) in [6.07, 6.45) is 9.91. The predicted molar refractivity (Wildman–Crippen MR) is 41.2 cm³/mol. The second-order valence-corrected chi connectivity index (χ2v) is 3.15. The van der Waals surface area contributed by atoms with Gasteiger partial charge in [0, 0.05) is 0 Å². The van der Waals surface area contributed by atoms with Crippen LogP contribution in [0.2, 0.25) is 0 Å². The Morgan fingerprint density at radius 2 is 1.80 bits per heavy atom. The Hall–Kier alpha value is 0.597. The first-order valence-corrected chi connectivity index (χ1v) is 4.22. The summed E-state index contributed by atoms with van der Waals surface area (Å²) in [6.45, 7) is 3.85. The van der Waals surface area contributed by atoms with Gasteiger partial charge in [-0.2, -0.15) is 6.42 Å². The van der Waals surface area contributed by atoms with Gasteiger partial charge in [0.1, 0.15) is 0 Å². The van der Waals surface area contributed by atoms with Gasteiger partial charge in [-0.25, -0.2) is 0 Å². The molecule has 10 heavy (non-hydrogen) atoms. The SMILES string of the molecule is [CH2-]CCCC1CCCC1.[Li+]. The average Bonchev–Trinajstić information content (AvgIpc) is 2.34. The molecule has 1 saturated carbocycles. The van der Waals surface area contributed by atoms with Gasteiger partial charge >= 0.3 is 18.9 Å². The van der Waals surface area contributed by atoms with Crippen molar-refractivity contribution >= 4 is 0 Å². The van der Waals surface area contributed by atoms with Crippen molar-refractivity contribution in [2.24, 2.45) is 5.92 Å². The van der Waals surface area contributed by atoms with E-state index in [1.165, 1.54) is 38.5 Å². The molecule has 0 heterocycles. The second-order valence-electron chi connectivity index (χ2n) is 3.15. The van der Waals surface area contributed by atoms with Crippen LogP contribution in [0.25, 0.3) is 0 Å². The topological polar surface area (TPSA) is 0 Å². The van der Waals surface area contributed by atoms with Crippen molar-refractivity contribution in [2.75, 3.05) is 0 Å². The van der Waals surface area contributed by atoms with Gasteiger partial charge in [0.15, 0.2) is 0 Å². The van der Waals surface area contributed by atoms with Gasteiger partial charge in [0.2, 0.25) is 0 Å². The summed E-state index contributed by atoms with van der Waals surface area (Å²) in [6, 6.07) is 0. The van der Waals surface area contributed by atoms with Crippen LogP contribution in [-0.2, 0) is 0 Å². The van der Waals surface area contributed by atoms with Gasteiger partial charge in [0.05, 0.1) is 0 Å². The Balaban J connectivity index is 0.000000810. The third kappa shape index (κ3) is 3.69. The molecule has 0 nitrogen and oxygen atoms in total. The molecule has 0 spiro atoms. The van der Waals surface area contributed by atoms with E-state index >= 15 is 0 Å². The first kappa shape index (κ1) is 10.6. The first-order valence-electron chi connectivity index (χ1n) is 4.22. The van der Waals surface area contributed by atoms with Gasteiger partial charge in [0.25, 0.3) is 0 Å². The Kier molecular flexibility index (Phi) is 6.69. The quantitative estimate of drug-likeness (QED) is 0.380. The smallest absolute Gasteiger partial charge is 0.343 e. The fraction of sp³-hybridized carbons (Fsp3) is 0.889. The molecule has 0 N–H and O–H groups in total. The van der Waals surface area contributed by atoms with Crippen molar-refractivity contribution < 1.29 is 18.9 Å². The van der Waals surface area contributed by atoms with E-state index in [-0.39, 0.29) is 18.9 Å². The van der Waals surface area contributed by atoms with E-state index in [0.29, 0.717) is 0 Å².